The molecule has 0 fully saturated rings. The summed E-state index contributed by atoms with van der Waals surface area (Å²) in [7, 11) is 1.45. The summed E-state index contributed by atoms with van der Waals surface area (Å²) in [5.74, 6) is -0.717. The number of hydrogen-bond acceptors (Lipinski definition) is 5. The number of para-hydroxylation sites is 1. The maximum atomic E-state index is 13.0. The fourth-order valence-corrected chi connectivity index (χ4v) is 2.96. The van der Waals surface area contributed by atoms with E-state index >= 15 is 0 Å². The molecule has 2 amide bonds. The molecule has 0 aliphatic carbocycles. The number of amides is 2. The molecule has 8 nitrogen and oxygen atoms in total. The van der Waals surface area contributed by atoms with E-state index in [0.717, 1.165) is 5.56 Å². The van der Waals surface area contributed by atoms with Crippen molar-refractivity contribution in [3.8, 4) is 5.75 Å². The minimum absolute atomic E-state index is 0.0312. The van der Waals surface area contributed by atoms with Gasteiger partial charge in [0.2, 0.25) is 0 Å². The van der Waals surface area contributed by atoms with Gasteiger partial charge in [0.05, 0.1) is 17.6 Å². The molecule has 0 spiro atoms. The van der Waals surface area contributed by atoms with E-state index in [0.29, 0.717) is 17.0 Å². The molecule has 0 atom stereocenters. The Kier molecular flexibility index (Phi) is 6.97. The van der Waals surface area contributed by atoms with Crippen molar-refractivity contribution in [2.45, 2.75) is 6.92 Å². The number of aryl methyl sites for hydroxylation is 1. The van der Waals surface area contributed by atoms with Crippen molar-refractivity contribution in [1.29, 1.82) is 0 Å². The van der Waals surface area contributed by atoms with Gasteiger partial charge in [-0.25, -0.2) is 0 Å². The Morgan fingerprint density at radius 1 is 1.00 bits per heavy atom. The van der Waals surface area contributed by atoms with Crippen molar-refractivity contribution in [2.24, 2.45) is 0 Å². The van der Waals surface area contributed by atoms with Crippen LogP contribution in [0.3, 0.4) is 0 Å². The molecule has 162 valence electrons. The van der Waals surface area contributed by atoms with Gasteiger partial charge in [-0.05, 0) is 60.5 Å². The van der Waals surface area contributed by atoms with E-state index in [1.54, 1.807) is 42.5 Å². The van der Waals surface area contributed by atoms with Crippen molar-refractivity contribution >= 4 is 29.3 Å². The van der Waals surface area contributed by atoms with Crippen LogP contribution in [0.5, 0.6) is 5.75 Å². The summed E-state index contributed by atoms with van der Waals surface area (Å²) in [5, 5.41) is 16.3. The SMILES string of the molecule is COc1ccccc1C(=O)NC(=Cc1ccc([N+](=O)[O-])cc1)C(=O)Nc1cccc(C)c1. The van der Waals surface area contributed by atoms with E-state index in [2.05, 4.69) is 10.6 Å². The van der Waals surface area contributed by atoms with Crippen molar-refractivity contribution in [3.63, 3.8) is 0 Å². The van der Waals surface area contributed by atoms with Crippen LogP contribution in [0.2, 0.25) is 0 Å². The van der Waals surface area contributed by atoms with Crippen molar-refractivity contribution in [2.75, 3.05) is 12.4 Å². The number of benzene rings is 3. The Morgan fingerprint density at radius 3 is 2.38 bits per heavy atom. The van der Waals surface area contributed by atoms with Crippen LogP contribution < -0.4 is 15.4 Å². The van der Waals surface area contributed by atoms with Crippen LogP contribution in [0.4, 0.5) is 11.4 Å². The first-order chi connectivity index (χ1) is 15.4. The second-order valence-electron chi connectivity index (χ2n) is 6.88. The molecule has 0 aromatic heterocycles. The summed E-state index contributed by atoms with van der Waals surface area (Å²) in [6, 6.07) is 19.5. The third kappa shape index (κ3) is 5.57. The molecule has 3 aromatic rings. The quantitative estimate of drug-likeness (QED) is 0.329. The monoisotopic (exact) mass is 431 g/mol. The number of anilines is 1. The molecule has 0 saturated carbocycles. The van der Waals surface area contributed by atoms with Gasteiger partial charge < -0.3 is 15.4 Å². The molecule has 0 unspecified atom stereocenters. The Hall–Kier alpha value is -4.46. The fourth-order valence-electron chi connectivity index (χ4n) is 2.96. The summed E-state index contributed by atoms with van der Waals surface area (Å²) in [6.45, 7) is 1.90. The van der Waals surface area contributed by atoms with Gasteiger partial charge in [0.1, 0.15) is 11.4 Å². The van der Waals surface area contributed by atoms with Crippen LogP contribution in [0.1, 0.15) is 21.5 Å². The maximum Gasteiger partial charge on any atom is 0.272 e. The zero-order valence-corrected chi connectivity index (χ0v) is 17.5. The molecule has 32 heavy (non-hydrogen) atoms. The lowest BCUT2D eigenvalue weighted by Crippen LogP contribution is -2.31. The molecule has 8 heteroatoms. The topological polar surface area (TPSA) is 111 Å². The van der Waals surface area contributed by atoms with Gasteiger partial charge in [-0.2, -0.15) is 0 Å². The zero-order valence-electron chi connectivity index (χ0n) is 17.5. The number of ether oxygens (including phenoxy) is 1. The van der Waals surface area contributed by atoms with E-state index in [-0.39, 0.29) is 16.9 Å². The predicted octanol–water partition coefficient (Wildman–Crippen LogP) is 4.32. The molecular weight excluding hydrogens is 410 g/mol. The van der Waals surface area contributed by atoms with Crippen LogP contribution in [0.25, 0.3) is 6.08 Å². The standard InChI is InChI=1S/C24H21N3O5/c1-16-6-5-7-18(14-16)25-24(29)21(15-17-10-12-19(13-11-17)27(30)31)26-23(28)20-8-3-4-9-22(20)32-2/h3-15H,1-2H3,(H,25,29)(H,26,28). The molecule has 0 bridgehead atoms. The molecule has 0 heterocycles. The predicted molar refractivity (Wildman–Crippen MR) is 121 cm³/mol. The van der Waals surface area contributed by atoms with Crippen LogP contribution in [-0.2, 0) is 4.79 Å². The largest absolute Gasteiger partial charge is 0.496 e. The number of nitrogens with one attached hydrogen (secondary N) is 2. The number of methoxy groups -OCH3 is 1. The number of nitrogens with zero attached hydrogens (tertiary/aromatic N) is 1. The second kappa shape index (κ2) is 10.0. The van der Waals surface area contributed by atoms with E-state index in [4.69, 9.17) is 4.74 Å². The van der Waals surface area contributed by atoms with Gasteiger partial charge in [-0.15, -0.1) is 0 Å². The number of rotatable bonds is 7. The molecule has 0 radical (unpaired) electrons. The first-order valence-corrected chi connectivity index (χ1v) is 9.66. The van der Waals surface area contributed by atoms with E-state index < -0.39 is 16.7 Å². The number of hydrogen-bond donors (Lipinski definition) is 2. The Balaban J connectivity index is 1.93. The lowest BCUT2D eigenvalue weighted by Gasteiger charge is -2.13. The third-order valence-corrected chi connectivity index (χ3v) is 4.54. The maximum absolute atomic E-state index is 13.0. The highest BCUT2D eigenvalue weighted by atomic mass is 16.6. The van der Waals surface area contributed by atoms with Gasteiger partial charge in [-0.1, -0.05) is 24.3 Å². The molecule has 0 aliphatic rings. The lowest BCUT2D eigenvalue weighted by molar-refractivity contribution is -0.384. The van der Waals surface area contributed by atoms with E-state index in [1.807, 2.05) is 13.0 Å². The van der Waals surface area contributed by atoms with Crippen molar-refractivity contribution < 1.29 is 19.2 Å². The van der Waals surface area contributed by atoms with Crippen LogP contribution in [-0.4, -0.2) is 23.8 Å². The molecule has 3 aromatic carbocycles. The molecule has 0 aliphatic heterocycles. The number of nitro benzene ring substituents is 1. The molecule has 3 rings (SSSR count). The Labute approximate surface area is 184 Å². The van der Waals surface area contributed by atoms with Gasteiger partial charge in [-0.3, -0.25) is 19.7 Å². The van der Waals surface area contributed by atoms with E-state index in [1.165, 1.54) is 37.5 Å². The highest BCUT2D eigenvalue weighted by molar-refractivity contribution is 6.11. The minimum atomic E-state index is -0.544. The number of nitro groups is 1. The second-order valence-corrected chi connectivity index (χ2v) is 6.88. The number of non-ortho nitro benzene ring substituents is 1. The average Bonchev–Trinajstić information content (AvgIpc) is 2.78. The molecule has 0 saturated heterocycles. The average molecular weight is 431 g/mol. The number of carbonyl (C=O) groups is 2. The first kappa shape index (κ1) is 22.2. The van der Waals surface area contributed by atoms with Crippen LogP contribution in [0, 0.1) is 17.0 Å². The Morgan fingerprint density at radius 2 is 1.72 bits per heavy atom. The van der Waals surface area contributed by atoms with Gasteiger partial charge >= 0.3 is 0 Å². The summed E-state index contributed by atoms with van der Waals surface area (Å²) in [5.41, 5.74) is 2.18. The smallest absolute Gasteiger partial charge is 0.272 e. The fraction of sp³-hybridized carbons (Fsp3) is 0.0833. The normalized spacial score (nSPS) is 10.9. The Bertz CT molecular complexity index is 1190. The minimum Gasteiger partial charge on any atom is -0.496 e. The van der Waals surface area contributed by atoms with Gasteiger partial charge in [0, 0.05) is 17.8 Å². The van der Waals surface area contributed by atoms with Gasteiger partial charge in [0.25, 0.3) is 17.5 Å². The number of carbonyl (C=O) groups excluding carboxylic acids is 2. The van der Waals surface area contributed by atoms with E-state index in [9.17, 15) is 19.7 Å². The highest BCUT2D eigenvalue weighted by Crippen LogP contribution is 2.19. The van der Waals surface area contributed by atoms with Crippen LogP contribution in [0.15, 0.2) is 78.5 Å². The molecule has 2 N–H and O–H groups in total. The van der Waals surface area contributed by atoms with Crippen molar-refractivity contribution in [1.82, 2.24) is 5.32 Å². The lowest BCUT2D eigenvalue weighted by atomic mass is 10.1. The first-order valence-electron chi connectivity index (χ1n) is 9.66. The van der Waals surface area contributed by atoms with Crippen molar-refractivity contribution in [3.05, 3.63) is 105 Å². The highest BCUT2D eigenvalue weighted by Gasteiger charge is 2.18. The molecular formula is C24H21N3O5. The van der Waals surface area contributed by atoms with Crippen LogP contribution >= 0.6 is 0 Å². The van der Waals surface area contributed by atoms with Gasteiger partial charge in [0.15, 0.2) is 0 Å². The summed E-state index contributed by atoms with van der Waals surface area (Å²) < 4.78 is 5.23. The summed E-state index contributed by atoms with van der Waals surface area (Å²) in [4.78, 5) is 36.3. The summed E-state index contributed by atoms with van der Waals surface area (Å²) in [6.07, 6.45) is 1.45. The third-order valence-electron chi connectivity index (χ3n) is 4.54. The zero-order chi connectivity index (χ0) is 23.1. The summed E-state index contributed by atoms with van der Waals surface area (Å²) >= 11 is 0.